The second-order valence-corrected chi connectivity index (χ2v) is 6.65. The number of aromatic nitrogens is 5. The highest BCUT2D eigenvalue weighted by Crippen LogP contribution is 2.20. The maximum Gasteiger partial charge on any atom is 0.258 e. The Kier molecular flexibility index (Phi) is 4.29. The summed E-state index contributed by atoms with van der Waals surface area (Å²) in [5.74, 6) is 1.33. The van der Waals surface area contributed by atoms with E-state index in [1.54, 1.807) is 30.9 Å². The maximum atomic E-state index is 12.2. The summed E-state index contributed by atoms with van der Waals surface area (Å²) in [7, 11) is 0. The quantitative estimate of drug-likeness (QED) is 0.500. The van der Waals surface area contributed by atoms with Crippen LogP contribution in [0.15, 0.2) is 63.5 Å². The van der Waals surface area contributed by atoms with Gasteiger partial charge in [-0.05, 0) is 24.3 Å². The van der Waals surface area contributed by atoms with E-state index in [0.717, 1.165) is 10.9 Å². The first-order valence-electron chi connectivity index (χ1n) is 7.40. The van der Waals surface area contributed by atoms with Crippen LogP contribution in [-0.2, 0) is 12.3 Å². The van der Waals surface area contributed by atoms with E-state index in [0.29, 0.717) is 28.7 Å². The fourth-order valence-electron chi connectivity index (χ4n) is 2.37. The number of pyridine rings is 1. The zero-order valence-corrected chi connectivity index (χ0v) is 14.4. The first kappa shape index (κ1) is 15.9. The second-order valence-electron chi connectivity index (χ2n) is 5.27. The van der Waals surface area contributed by atoms with E-state index in [4.69, 9.17) is 16.0 Å². The molecule has 4 aromatic heterocycles. The predicted octanol–water partition coefficient (Wildman–Crippen LogP) is 2.87. The molecule has 0 saturated carbocycles. The summed E-state index contributed by atoms with van der Waals surface area (Å²) in [4.78, 5) is 16.7. The van der Waals surface area contributed by atoms with Crippen molar-refractivity contribution in [3.05, 3.63) is 75.9 Å². The SMILES string of the molecule is O=c1cc(CSc2nncn2Cc2ccco2)nc2ccc(Cl)cn12. The van der Waals surface area contributed by atoms with E-state index >= 15 is 0 Å². The lowest BCUT2D eigenvalue weighted by atomic mass is 10.4. The van der Waals surface area contributed by atoms with E-state index in [-0.39, 0.29) is 5.56 Å². The van der Waals surface area contributed by atoms with Crippen LogP contribution in [0.4, 0.5) is 0 Å². The number of thioether (sulfide) groups is 1. The van der Waals surface area contributed by atoms with Crippen molar-refractivity contribution >= 4 is 29.0 Å². The minimum atomic E-state index is -0.167. The largest absolute Gasteiger partial charge is 0.467 e. The van der Waals surface area contributed by atoms with E-state index < -0.39 is 0 Å². The lowest BCUT2D eigenvalue weighted by Gasteiger charge is -2.06. The summed E-state index contributed by atoms with van der Waals surface area (Å²) in [5.41, 5.74) is 1.06. The molecule has 0 atom stereocenters. The third-order valence-electron chi connectivity index (χ3n) is 3.51. The predicted molar refractivity (Wildman–Crippen MR) is 93.9 cm³/mol. The summed E-state index contributed by atoms with van der Waals surface area (Å²) in [6, 6.07) is 8.66. The molecule has 7 nitrogen and oxygen atoms in total. The van der Waals surface area contributed by atoms with Crippen LogP contribution in [0, 0.1) is 0 Å². The van der Waals surface area contributed by atoms with Crippen molar-refractivity contribution in [3.63, 3.8) is 0 Å². The van der Waals surface area contributed by atoms with Gasteiger partial charge in [0.2, 0.25) is 0 Å². The smallest absolute Gasteiger partial charge is 0.258 e. The Hall–Kier alpha value is -2.58. The molecule has 126 valence electrons. The Morgan fingerprint density at radius 1 is 1.28 bits per heavy atom. The summed E-state index contributed by atoms with van der Waals surface area (Å²) in [6.07, 6.45) is 4.84. The summed E-state index contributed by atoms with van der Waals surface area (Å²) in [5, 5.41) is 9.28. The Morgan fingerprint density at radius 3 is 3.04 bits per heavy atom. The lowest BCUT2D eigenvalue weighted by molar-refractivity contribution is 0.484. The molecule has 0 aromatic carbocycles. The van der Waals surface area contributed by atoms with Crippen LogP contribution >= 0.6 is 23.4 Å². The van der Waals surface area contributed by atoms with Crippen molar-refractivity contribution < 1.29 is 4.42 Å². The third-order valence-corrected chi connectivity index (χ3v) is 4.75. The van der Waals surface area contributed by atoms with Crippen LogP contribution in [-0.4, -0.2) is 24.1 Å². The molecule has 0 fully saturated rings. The molecule has 0 aliphatic rings. The van der Waals surface area contributed by atoms with Gasteiger partial charge in [-0.25, -0.2) is 4.98 Å². The van der Waals surface area contributed by atoms with Gasteiger partial charge in [0.1, 0.15) is 17.7 Å². The van der Waals surface area contributed by atoms with Gasteiger partial charge >= 0.3 is 0 Å². The highest BCUT2D eigenvalue weighted by atomic mass is 35.5. The fraction of sp³-hybridized carbons (Fsp3) is 0.125. The van der Waals surface area contributed by atoms with Crippen LogP contribution in [0.5, 0.6) is 0 Å². The van der Waals surface area contributed by atoms with E-state index in [9.17, 15) is 4.79 Å². The molecule has 0 radical (unpaired) electrons. The van der Waals surface area contributed by atoms with E-state index in [1.165, 1.54) is 22.2 Å². The minimum Gasteiger partial charge on any atom is -0.467 e. The van der Waals surface area contributed by atoms with E-state index in [1.807, 2.05) is 16.7 Å². The van der Waals surface area contributed by atoms with Crippen LogP contribution in [0.2, 0.25) is 5.02 Å². The number of hydrogen-bond acceptors (Lipinski definition) is 6. The first-order valence-corrected chi connectivity index (χ1v) is 8.76. The van der Waals surface area contributed by atoms with Crippen LogP contribution in [0.1, 0.15) is 11.5 Å². The zero-order chi connectivity index (χ0) is 17.2. The van der Waals surface area contributed by atoms with Crippen molar-refractivity contribution in [2.24, 2.45) is 0 Å². The molecular weight excluding hydrogens is 362 g/mol. The standard InChI is InChI=1S/C16H12ClN5O2S/c17-11-3-4-14-19-12(6-15(23)22(14)7-11)9-25-16-20-18-10-21(16)8-13-2-1-5-24-13/h1-7,10H,8-9H2. The van der Waals surface area contributed by atoms with Crippen molar-refractivity contribution in [1.29, 1.82) is 0 Å². The third kappa shape index (κ3) is 3.45. The van der Waals surface area contributed by atoms with Crippen molar-refractivity contribution in [2.45, 2.75) is 17.5 Å². The summed E-state index contributed by atoms with van der Waals surface area (Å²) >= 11 is 7.38. The van der Waals surface area contributed by atoms with Crippen LogP contribution in [0.3, 0.4) is 0 Å². The molecule has 4 heterocycles. The van der Waals surface area contributed by atoms with Gasteiger partial charge in [-0.2, -0.15) is 0 Å². The lowest BCUT2D eigenvalue weighted by Crippen LogP contribution is -2.15. The number of rotatable bonds is 5. The van der Waals surface area contributed by atoms with E-state index in [2.05, 4.69) is 15.2 Å². The zero-order valence-electron chi connectivity index (χ0n) is 12.9. The highest BCUT2D eigenvalue weighted by Gasteiger charge is 2.09. The van der Waals surface area contributed by atoms with Crippen LogP contribution in [0.25, 0.3) is 5.65 Å². The number of nitrogens with zero attached hydrogens (tertiary/aromatic N) is 5. The average Bonchev–Trinajstić information content (AvgIpc) is 3.26. The molecule has 0 spiro atoms. The van der Waals surface area contributed by atoms with Gasteiger partial charge in [0.15, 0.2) is 5.16 Å². The molecule has 0 aliphatic heterocycles. The van der Waals surface area contributed by atoms with Gasteiger partial charge in [-0.1, -0.05) is 23.4 Å². The molecule has 4 rings (SSSR count). The van der Waals surface area contributed by atoms with Gasteiger partial charge < -0.3 is 8.98 Å². The average molecular weight is 374 g/mol. The summed E-state index contributed by atoms with van der Waals surface area (Å²) in [6.45, 7) is 0.550. The Balaban J connectivity index is 1.54. The molecule has 0 bridgehead atoms. The Bertz CT molecular complexity index is 1070. The fourth-order valence-corrected chi connectivity index (χ4v) is 3.34. The Labute approximate surface area is 151 Å². The van der Waals surface area contributed by atoms with Crippen molar-refractivity contribution in [3.8, 4) is 0 Å². The number of furan rings is 1. The summed E-state index contributed by atoms with van der Waals surface area (Å²) < 4.78 is 8.66. The minimum absolute atomic E-state index is 0.167. The molecule has 0 N–H and O–H groups in total. The maximum absolute atomic E-state index is 12.2. The van der Waals surface area contributed by atoms with Gasteiger partial charge in [0.05, 0.1) is 23.5 Å². The second kappa shape index (κ2) is 6.73. The molecule has 0 saturated heterocycles. The molecule has 9 heteroatoms. The Morgan fingerprint density at radius 2 is 2.20 bits per heavy atom. The normalized spacial score (nSPS) is 11.2. The molecule has 0 amide bonds. The monoisotopic (exact) mass is 373 g/mol. The van der Waals surface area contributed by atoms with Gasteiger partial charge in [-0.15, -0.1) is 10.2 Å². The van der Waals surface area contributed by atoms with Gasteiger partial charge in [0, 0.05) is 18.0 Å². The molecular formula is C16H12ClN5O2S. The molecule has 0 unspecified atom stereocenters. The first-order chi connectivity index (χ1) is 12.2. The number of halogens is 1. The molecule has 4 aromatic rings. The van der Waals surface area contributed by atoms with Crippen LogP contribution < -0.4 is 5.56 Å². The van der Waals surface area contributed by atoms with Crippen molar-refractivity contribution in [1.82, 2.24) is 24.1 Å². The van der Waals surface area contributed by atoms with Crippen molar-refractivity contribution in [2.75, 3.05) is 0 Å². The topological polar surface area (TPSA) is 78.2 Å². The number of hydrogen-bond donors (Lipinski definition) is 0. The van der Waals surface area contributed by atoms with Gasteiger partial charge in [-0.3, -0.25) is 9.20 Å². The van der Waals surface area contributed by atoms with Gasteiger partial charge in [0.25, 0.3) is 5.56 Å². The highest BCUT2D eigenvalue weighted by molar-refractivity contribution is 7.98. The number of fused-ring (bicyclic) bond motifs is 1. The molecule has 0 aliphatic carbocycles. The molecule has 25 heavy (non-hydrogen) atoms.